The van der Waals surface area contributed by atoms with E-state index in [0.29, 0.717) is 12.0 Å². The van der Waals surface area contributed by atoms with Crippen molar-refractivity contribution in [3.8, 4) is 0 Å². The van der Waals surface area contributed by atoms with E-state index in [1.54, 1.807) is 12.1 Å². The Morgan fingerprint density at radius 2 is 2.12 bits per heavy atom. The Bertz CT molecular complexity index is 426. The van der Waals surface area contributed by atoms with Crippen molar-refractivity contribution in [3.63, 3.8) is 0 Å². The molecule has 0 saturated heterocycles. The quantitative estimate of drug-likeness (QED) is 0.327. The van der Waals surface area contributed by atoms with Crippen LogP contribution in [0, 0.1) is 10.1 Å². The number of non-ortho nitro benzene ring substituents is 1. The lowest BCUT2D eigenvalue weighted by Crippen LogP contribution is -1.96. The van der Waals surface area contributed by atoms with Crippen LogP contribution in [-0.4, -0.2) is 23.5 Å². The van der Waals surface area contributed by atoms with E-state index in [9.17, 15) is 14.9 Å². The van der Waals surface area contributed by atoms with E-state index in [4.69, 9.17) is 4.84 Å². The molecule has 0 aliphatic rings. The highest BCUT2D eigenvalue weighted by Crippen LogP contribution is 2.10. The summed E-state index contributed by atoms with van der Waals surface area (Å²) in [6, 6.07) is 5.90. The second-order valence-electron chi connectivity index (χ2n) is 3.37. The Morgan fingerprint density at radius 1 is 1.47 bits per heavy atom. The number of Topliss-reactive ketones (excluding diaryl/α,β-unsaturated/α-hetero) is 1. The third-order valence-corrected chi connectivity index (χ3v) is 1.93. The third kappa shape index (κ3) is 4.87. The van der Waals surface area contributed by atoms with Crippen LogP contribution in [0.5, 0.6) is 0 Å². The molecular formula is C11H12N2O4. The van der Waals surface area contributed by atoms with Crippen molar-refractivity contribution in [2.24, 2.45) is 5.16 Å². The molecule has 0 aliphatic heterocycles. The number of rotatable bonds is 6. The topological polar surface area (TPSA) is 81.8 Å². The normalized spacial score (nSPS) is 10.4. The lowest BCUT2D eigenvalue weighted by molar-refractivity contribution is -0.384. The summed E-state index contributed by atoms with van der Waals surface area (Å²) in [7, 11) is 0. The number of hydrogen-bond donors (Lipinski definition) is 0. The van der Waals surface area contributed by atoms with E-state index in [-0.39, 0.29) is 18.1 Å². The monoisotopic (exact) mass is 236 g/mol. The molecule has 6 heteroatoms. The lowest BCUT2D eigenvalue weighted by atomic mass is 10.2. The van der Waals surface area contributed by atoms with Crippen LogP contribution < -0.4 is 0 Å². The molecule has 0 heterocycles. The van der Waals surface area contributed by atoms with Crippen LogP contribution in [-0.2, 0) is 9.63 Å². The molecule has 0 atom stereocenters. The van der Waals surface area contributed by atoms with E-state index in [0.717, 1.165) is 0 Å². The van der Waals surface area contributed by atoms with Crippen LogP contribution >= 0.6 is 0 Å². The van der Waals surface area contributed by atoms with Crippen LogP contribution in [0.3, 0.4) is 0 Å². The number of oxime groups is 1. The SMILES string of the molecule is CC(=O)CCO/N=C/c1ccc([N+](=O)[O-])cc1. The number of hydrogen-bond acceptors (Lipinski definition) is 5. The highest BCUT2D eigenvalue weighted by atomic mass is 16.6. The first kappa shape index (κ1) is 12.8. The smallest absolute Gasteiger partial charge is 0.269 e. The number of nitrogens with zero attached hydrogens (tertiary/aromatic N) is 2. The molecule has 0 amide bonds. The number of carbonyl (C=O) groups excluding carboxylic acids is 1. The molecule has 0 bridgehead atoms. The van der Waals surface area contributed by atoms with Crippen molar-refractivity contribution >= 4 is 17.7 Å². The van der Waals surface area contributed by atoms with Crippen molar-refractivity contribution in [1.29, 1.82) is 0 Å². The van der Waals surface area contributed by atoms with Gasteiger partial charge in [0.05, 0.1) is 11.1 Å². The second kappa shape index (κ2) is 6.37. The zero-order valence-corrected chi connectivity index (χ0v) is 9.33. The number of carbonyl (C=O) groups is 1. The van der Waals surface area contributed by atoms with E-state index in [1.807, 2.05) is 0 Å². The van der Waals surface area contributed by atoms with Gasteiger partial charge >= 0.3 is 0 Å². The van der Waals surface area contributed by atoms with Crippen molar-refractivity contribution in [2.75, 3.05) is 6.61 Å². The molecule has 0 fully saturated rings. The predicted octanol–water partition coefficient (Wildman–Crippen LogP) is 1.92. The van der Waals surface area contributed by atoms with Gasteiger partial charge in [-0.25, -0.2) is 0 Å². The van der Waals surface area contributed by atoms with Crippen molar-refractivity contribution in [1.82, 2.24) is 0 Å². The summed E-state index contributed by atoms with van der Waals surface area (Å²) in [5, 5.41) is 14.0. The Labute approximate surface area is 98.0 Å². The molecule has 17 heavy (non-hydrogen) atoms. The van der Waals surface area contributed by atoms with Crippen molar-refractivity contribution in [2.45, 2.75) is 13.3 Å². The van der Waals surface area contributed by atoms with Gasteiger partial charge < -0.3 is 4.84 Å². The number of ketones is 1. The molecule has 0 N–H and O–H groups in total. The minimum atomic E-state index is -0.468. The Kier molecular flexibility index (Phi) is 4.80. The van der Waals surface area contributed by atoms with Gasteiger partial charge in [0.1, 0.15) is 12.4 Å². The Morgan fingerprint density at radius 3 is 2.65 bits per heavy atom. The fraction of sp³-hybridized carbons (Fsp3) is 0.273. The van der Waals surface area contributed by atoms with Crippen LogP contribution in [0.1, 0.15) is 18.9 Å². The fourth-order valence-corrected chi connectivity index (χ4v) is 1.02. The molecule has 0 aromatic heterocycles. The molecular weight excluding hydrogens is 224 g/mol. The molecule has 1 rings (SSSR count). The van der Waals surface area contributed by atoms with Gasteiger partial charge in [0.25, 0.3) is 5.69 Å². The fourth-order valence-electron chi connectivity index (χ4n) is 1.02. The van der Waals surface area contributed by atoms with Crippen LogP contribution in [0.25, 0.3) is 0 Å². The van der Waals surface area contributed by atoms with Gasteiger partial charge in [-0.05, 0) is 24.6 Å². The van der Waals surface area contributed by atoms with E-state index in [1.165, 1.54) is 25.3 Å². The molecule has 90 valence electrons. The predicted molar refractivity (Wildman–Crippen MR) is 61.9 cm³/mol. The average Bonchev–Trinajstić information content (AvgIpc) is 2.29. The van der Waals surface area contributed by atoms with Crippen LogP contribution in [0.15, 0.2) is 29.4 Å². The van der Waals surface area contributed by atoms with E-state index >= 15 is 0 Å². The zero-order chi connectivity index (χ0) is 12.7. The minimum absolute atomic E-state index is 0.0275. The summed E-state index contributed by atoms with van der Waals surface area (Å²) < 4.78 is 0. The number of nitro groups is 1. The largest absolute Gasteiger partial charge is 0.395 e. The maximum Gasteiger partial charge on any atom is 0.269 e. The van der Waals surface area contributed by atoms with Gasteiger partial charge in [-0.3, -0.25) is 14.9 Å². The van der Waals surface area contributed by atoms with Gasteiger partial charge in [-0.2, -0.15) is 0 Å². The molecule has 0 unspecified atom stereocenters. The van der Waals surface area contributed by atoms with Gasteiger partial charge in [0.2, 0.25) is 0 Å². The Balaban J connectivity index is 2.43. The molecule has 1 aromatic carbocycles. The second-order valence-corrected chi connectivity index (χ2v) is 3.37. The lowest BCUT2D eigenvalue weighted by Gasteiger charge is -1.96. The summed E-state index contributed by atoms with van der Waals surface area (Å²) >= 11 is 0. The van der Waals surface area contributed by atoms with Gasteiger partial charge in [0, 0.05) is 18.6 Å². The summed E-state index contributed by atoms with van der Waals surface area (Å²) in [6.07, 6.45) is 1.75. The maximum absolute atomic E-state index is 10.6. The summed E-state index contributed by atoms with van der Waals surface area (Å²) in [5.74, 6) is 0.0375. The molecule has 0 aliphatic carbocycles. The Hall–Kier alpha value is -2.24. The first-order chi connectivity index (χ1) is 8.09. The van der Waals surface area contributed by atoms with E-state index in [2.05, 4.69) is 5.16 Å². The van der Waals surface area contributed by atoms with Gasteiger partial charge in [-0.1, -0.05) is 5.16 Å². The van der Waals surface area contributed by atoms with Crippen LogP contribution in [0.4, 0.5) is 5.69 Å². The minimum Gasteiger partial charge on any atom is -0.395 e. The standard InChI is InChI=1S/C11H12N2O4/c1-9(14)6-7-17-12-8-10-2-4-11(5-3-10)13(15)16/h2-5,8H,6-7H2,1H3/b12-8+. The highest BCUT2D eigenvalue weighted by Gasteiger charge is 2.02. The summed E-state index contributed by atoms with van der Waals surface area (Å²) in [4.78, 5) is 25.3. The first-order valence-corrected chi connectivity index (χ1v) is 4.99. The number of benzene rings is 1. The highest BCUT2D eigenvalue weighted by molar-refractivity contribution is 5.79. The molecule has 6 nitrogen and oxygen atoms in total. The van der Waals surface area contributed by atoms with Crippen molar-refractivity contribution < 1.29 is 14.6 Å². The van der Waals surface area contributed by atoms with Crippen molar-refractivity contribution in [3.05, 3.63) is 39.9 Å². The average molecular weight is 236 g/mol. The first-order valence-electron chi connectivity index (χ1n) is 4.99. The third-order valence-electron chi connectivity index (χ3n) is 1.93. The molecule has 1 aromatic rings. The summed E-state index contributed by atoms with van der Waals surface area (Å²) in [6.45, 7) is 1.71. The number of nitro benzene ring substituents is 1. The van der Waals surface area contributed by atoms with Crippen LogP contribution in [0.2, 0.25) is 0 Å². The molecule has 0 saturated carbocycles. The summed E-state index contributed by atoms with van der Waals surface area (Å²) in [5.41, 5.74) is 0.720. The molecule has 0 radical (unpaired) electrons. The van der Waals surface area contributed by atoms with Gasteiger partial charge in [0.15, 0.2) is 0 Å². The molecule has 0 spiro atoms. The maximum atomic E-state index is 10.6. The van der Waals surface area contributed by atoms with Gasteiger partial charge in [-0.15, -0.1) is 0 Å². The zero-order valence-electron chi connectivity index (χ0n) is 9.33. The van der Waals surface area contributed by atoms with E-state index < -0.39 is 4.92 Å².